The average Bonchev–Trinajstić information content (AvgIpc) is 2.35. The number of hydrogen-bond donors (Lipinski definition) is 1. The summed E-state index contributed by atoms with van der Waals surface area (Å²) in [5.41, 5.74) is 2.62. The van der Waals surface area contributed by atoms with Crippen LogP contribution in [-0.2, 0) is 0 Å². The Morgan fingerprint density at radius 1 is 1.28 bits per heavy atom. The van der Waals surface area contributed by atoms with Gasteiger partial charge in [-0.25, -0.2) is 4.39 Å². The average molecular weight is 309 g/mol. The van der Waals surface area contributed by atoms with Crippen LogP contribution in [-0.4, -0.2) is 12.0 Å². The molecular formula is C14H14BrFN2. The van der Waals surface area contributed by atoms with E-state index < -0.39 is 0 Å². The van der Waals surface area contributed by atoms with E-state index in [1.165, 1.54) is 6.07 Å². The van der Waals surface area contributed by atoms with Crippen LogP contribution in [0.5, 0.6) is 0 Å². The Kier molecular flexibility index (Phi) is 4.09. The van der Waals surface area contributed by atoms with Gasteiger partial charge in [-0.3, -0.25) is 4.98 Å². The normalized spacial score (nSPS) is 12.4. The first-order chi connectivity index (χ1) is 8.61. The van der Waals surface area contributed by atoms with Crippen LogP contribution in [0.2, 0.25) is 0 Å². The van der Waals surface area contributed by atoms with Crippen molar-refractivity contribution in [2.45, 2.75) is 13.0 Å². The van der Waals surface area contributed by atoms with Crippen molar-refractivity contribution < 1.29 is 4.39 Å². The maximum absolute atomic E-state index is 13.9. The summed E-state index contributed by atoms with van der Waals surface area (Å²) in [5, 5.41) is 3.13. The summed E-state index contributed by atoms with van der Waals surface area (Å²) in [5.74, 6) is -0.223. The van der Waals surface area contributed by atoms with Crippen LogP contribution in [0.3, 0.4) is 0 Å². The van der Waals surface area contributed by atoms with Crippen molar-refractivity contribution in [3.8, 4) is 0 Å². The van der Waals surface area contributed by atoms with Crippen molar-refractivity contribution in [2.24, 2.45) is 0 Å². The molecule has 1 aromatic heterocycles. The van der Waals surface area contributed by atoms with Gasteiger partial charge in [-0.2, -0.15) is 0 Å². The van der Waals surface area contributed by atoms with Crippen molar-refractivity contribution in [2.75, 3.05) is 7.05 Å². The molecular weight excluding hydrogens is 295 g/mol. The minimum atomic E-state index is -0.223. The summed E-state index contributed by atoms with van der Waals surface area (Å²) in [7, 11) is 1.81. The zero-order valence-corrected chi connectivity index (χ0v) is 11.8. The molecule has 0 radical (unpaired) electrons. The molecule has 1 atom stereocenters. The predicted octanol–water partition coefficient (Wildman–Crippen LogP) is 3.60. The van der Waals surface area contributed by atoms with Gasteiger partial charge in [0.1, 0.15) is 5.82 Å². The van der Waals surface area contributed by atoms with E-state index in [4.69, 9.17) is 0 Å². The molecule has 18 heavy (non-hydrogen) atoms. The third-order valence-corrected chi connectivity index (χ3v) is 3.28. The van der Waals surface area contributed by atoms with Gasteiger partial charge in [0.15, 0.2) is 0 Å². The van der Waals surface area contributed by atoms with E-state index in [1.54, 1.807) is 24.5 Å². The molecule has 94 valence electrons. The summed E-state index contributed by atoms with van der Waals surface area (Å²) in [6.45, 7) is 1.97. The fourth-order valence-corrected chi connectivity index (χ4v) is 2.35. The topological polar surface area (TPSA) is 24.9 Å². The van der Waals surface area contributed by atoms with E-state index in [0.29, 0.717) is 5.56 Å². The number of hydrogen-bond acceptors (Lipinski definition) is 2. The SMILES string of the molecule is CNC(c1cncc(C)c1)c1cc(Br)ccc1F. The van der Waals surface area contributed by atoms with E-state index in [-0.39, 0.29) is 11.9 Å². The first-order valence-corrected chi connectivity index (χ1v) is 6.45. The molecule has 2 nitrogen and oxygen atoms in total. The van der Waals surface area contributed by atoms with Gasteiger partial charge in [-0.05, 0) is 43.3 Å². The molecule has 0 aliphatic rings. The molecule has 0 aliphatic heterocycles. The summed E-state index contributed by atoms with van der Waals surface area (Å²) < 4.78 is 14.8. The van der Waals surface area contributed by atoms with Crippen LogP contribution in [0.4, 0.5) is 4.39 Å². The highest BCUT2D eigenvalue weighted by atomic mass is 79.9. The molecule has 1 heterocycles. The zero-order valence-electron chi connectivity index (χ0n) is 10.2. The predicted molar refractivity (Wildman–Crippen MR) is 74.0 cm³/mol. The Bertz CT molecular complexity index is 557. The molecule has 2 rings (SSSR count). The molecule has 0 saturated carbocycles. The van der Waals surface area contributed by atoms with Gasteiger partial charge >= 0.3 is 0 Å². The van der Waals surface area contributed by atoms with Crippen LogP contribution in [0, 0.1) is 12.7 Å². The van der Waals surface area contributed by atoms with Gasteiger partial charge in [0.2, 0.25) is 0 Å². The summed E-state index contributed by atoms with van der Waals surface area (Å²) in [6.07, 6.45) is 3.54. The number of rotatable bonds is 3. The number of aryl methyl sites for hydroxylation is 1. The molecule has 0 fully saturated rings. The third kappa shape index (κ3) is 2.76. The smallest absolute Gasteiger partial charge is 0.128 e. The second-order valence-corrected chi connectivity index (χ2v) is 5.10. The summed E-state index contributed by atoms with van der Waals surface area (Å²) in [4.78, 5) is 4.16. The van der Waals surface area contributed by atoms with E-state index in [9.17, 15) is 4.39 Å². The lowest BCUT2D eigenvalue weighted by molar-refractivity contribution is 0.575. The second-order valence-electron chi connectivity index (χ2n) is 4.18. The van der Waals surface area contributed by atoms with Crippen LogP contribution in [0.1, 0.15) is 22.7 Å². The first-order valence-electron chi connectivity index (χ1n) is 5.65. The largest absolute Gasteiger partial charge is 0.309 e. The molecule has 0 spiro atoms. The molecule has 0 amide bonds. The Morgan fingerprint density at radius 2 is 2.06 bits per heavy atom. The first kappa shape index (κ1) is 13.2. The minimum absolute atomic E-state index is 0.199. The summed E-state index contributed by atoms with van der Waals surface area (Å²) >= 11 is 3.37. The second kappa shape index (κ2) is 5.59. The molecule has 1 unspecified atom stereocenters. The van der Waals surface area contributed by atoms with Crippen LogP contribution in [0.25, 0.3) is 0 Å². The monoisotopic (exact) mass is 308 g/mol. The lowest BCUT2D eigenvalue weighted by atomic mass is 9.99. The third-order valence-electron chi connectivity index (χ3n) is 2.79. The number of nitrogens with zero attached hydrogens (tertiary/aromatic N) is 1. The Balaban J connectivity index is 2.48. The number of benzene rings is 1. The van der Waals surface area contributed by atoms with Crippen LogP contribution < -0.4 is 5.32 Å². The molecule has 0 saturated heterocycles. The minimum Gasteiger partial charge on any atom is -0.309 e. The Hall–Kier alpha value is -1.26. The van der Waals surface area contributed by atoms with E-state index in [1.807, 2.05) is 20.0 Å². The van der Waals surface area contributed by atoms with Crippen molar-refractivity contribution in [1.82, 2.24) is 10.3 Å². The zero-order chi connectivity index (χ0) is 13.1. The number of nitrogens with one attached hydrogen (secondary N) is 1. The fourth-order valence-electron chi connectivity index (χ4n) is 1.97. The molecule has 0 aliphatic carbocycles. The molecule has 0 bridgehead atoms. The van der Waals surface area contributed by atoms with Gasteiger partial charge in [0.25, 0.3) is 0 Å². The molecule has 2 aromatic rings. The standard InChI is InChI=1S/C14H14BrFN2/c1-9-5-10(8-18-7-9)14(17-2)12-6-11(15)3-4-13(12)16/h3-8,14,17H,1-2H3. The number of pyridine rings is 1. The summed E-state index contributed by atoms with van der Waals surface area (Å²) in [6, 6.07) is 6.76. The maximum Gasteiger partial charge on any atom is 0.128 e. The Labute approximate surface area is 114 Å². The van der Waals surface area contributed by atoms with Crippen molar-refractivity contribution in [3.05, 3.63) is 63.6 Å². The van der Waals surface area contributed by atoms with E-state index in [0.717, 1.165) is 15.6 Å². The maximum atomic E-state index is 13.9. The van der Waals surface area contributed by atoms with Gasteiger partial charge in [-0.1, -0.05) is 22.0 Å². The lowest BCUT2D eigenvalue weighted by Crippen LogP contribution is -2.19. The van der Waals surface area contributed by atoms with Crippen molar-refractivity contribution in [1.29, 1.82) is 0 Å². The van der Waals surface area contributed by atoms with Gasteiger partial charge in [0.05, 0.1) is 6.04 Å². The van der Waals surface area contributed by atoms with Gasteiger partial charge < -0.3 is 5.32 Å². The van der Waals surface area contributed by atoms with Gasteiger partial charge in [0, 0.05) is 22.4 Å². The molecule has 4 heteroatoms. The molecule has 1 aromatic carbocycles. The van der Waals surface area contributed by atoms with E-state index >= 15 is 0 Å². The highest BCUT2D eigenvalue weighted by Crippen LogP contribution is 2.26. The van der Waals surface area contributed by atoms with Gasteiger partial charge in [-0.15, -0.1) is 0 Å². The number of aromatic nitrogens is 1. The van der Waals surface area contributed by atoms with Crippen molar-refractivity contribution >= 4 is 15.9 Å². The van der Waals surface area contributed by atoms with Crippen molar-refractivity contribution in [3.63, 3.8) is 0 Å². The lowest BCUT2D eigenvalue weighted by Gasteiger charge is -2.18. The Morgan fingerprint density at radius 3 is 2.72 bits per heavy atom. The highest BCUT2D eigenvalue weighted by molar-refractivity contribution is 9.10. The van der Waals surface area contributed by atoms with E-state index in [2.05, 4.69) is 26.2 Å². The highest BCUT2D eigenvalue weighted by Gasteiger charge is 2.16. The molecule has 1 N–H and O–H groups in total. The number of halogens is 2. The van der Waals surface area contributed by atoms with Crippen LogP contribution in [0.15, 0.2) is 41.1 Å². The quantitative estimate of drug-likeness (QED) is 0.937. The fraction of sp³-hybridized carbons (Fsp3) is 0.214. The van der Waals surface area contributed by atoms with Crippen LogP contribution >= 0.6 is 15.9 Å².